The third-order valence-corrected chi connectivity index (χ3v) is 6.44. The molecule has 0 bridgehead atoms. The fraction of sp³-hybridized carbons (Fsp3) is 0.115. The van der Waals surface area contributed by atoms with E-state index in [4.69, 9.17) is 4.98 Å². The van der Waals surface area contributed by atoms with Crippen LogP contribution in [0.1, 0.15) is 30.5 Å². The van der Waals surface area contributed by atoms with E-state index in [-0.39, 0.29) is 0 Å². The Morgan fingerprint density at radius 1 is 0.906 bits per heavy atom. The number of aromatic amines is 1. The van der Waals surface area contributed by atoms with Gasteiger partial charge in [0.05, 0.1) is 45.5 Å². The zero-order valence-electron chi connectivity index (χ0n) is 17.4. The molecule has 0 aliphatic rings. The maximum atomic E-state index is 10.6. The summed E-state index contributed by atoms with van der Waals surface area (Å²) in [7, 11) is 0. The second-order valence-electron chi connectivity index (χ2n) is 8.27. The molecule has 154 valence electrons. The SMILES string of the molecule is CC(C)(O)c1ccc2c(c1)c1cc(I)ccc1c1[nH]c(-c3c(C#N)cccc3C#N)nc21. The molecule has 0 atom stereocenters. The number of hydrogen-bond acceptors (Lipinski definition) is 4. The molecular weight excluding hydrogens is 511 g/mol. The minimum atomic E-state index is -0.971. The Kier molecular flexibility index (Phi) is 4.67. The van der Waals surface area contributed by atoms with Gasteiger partial charge in [0.25, 0.3) is 0 Å². The van der Waals surface area contributed by atoms with Crippen LogP contribution in [0.25, 0.3) is 44.0 Å². The molecule has 0 saturated carbocycles. The predicted octanol–water partition coefficient (Wildman–Crippen LogP) is 6.11. The van der Waals surface area contributed by atoms with Gasteiger partial charge in [0.2, 0.25) is 0 Å². The number of aromatic nitrogens is 2. The molecule has 5 rings (SSSR count). The number of nitrogens with one attached hydrogen (secondary N) is 1. The maximum absolute atomic E-state index is 10.6. The van der Waals surface area contributed by atoms with E-state index in [0.717, 1.165) is 41.7 Å². The first-order valence-corrected chi connectivity index (χ1v) is 11.1. The number of benzene rings is 4. The molecule has 4 aromatic carbocycles. The number of nitrogens with zero attached hydrogens (tertiary/aromatic N) is 3. The zero-order valence-corrected chi connectivity index (χ0v) is 19.5. The van der Waals surface area contributed by atoms with Crippen molar-refractivity contribution in [1.82, 2.24) is 9.97 Å². The van der Waals surface area contributed by atoms with Crippen molar-refractivity contribution in [2.75, 3.05) is 0 Å². The Bertz CT molecular complexity index is 1610. The summed E-state index contributed by atoms with van der Waals surface area (Å²) in [6, 6.07) is 21.6. The van der Waals surface area contributed by atoms with E-state index in [2.05, 4.69) is 51.8 Å². The second kappa shape index (κ2) is 7.30. The summed E-state index contributed by atoms with van der Waals surface area (Å²) in [5.74, 6) is 0.493. The number of nitriles is 2. The van der Waals surface area contributed by atoms with Gasteiger partial charge in [-0.3, -0.25) is 0 Å². The Morgan fingerprint density at radius 2 is 1.56 bits per heavy atom. The van der Waals surface area contributed by atoms with Crippen molar-refractivity contribution in [3.05, 3.63) is 74.9 Å². The number of fused-ring (bicyclic) bond motifs is 6. The highest BCUT2D eigenvalue weighted by molar-refractivity contribution is 14.1. The highest BCUT2D eigenvalue weighted by Crippen LogP contribution is 2.38. The van der Waals surface area contributed by atoms with Crippen LogP contribution in [0.15, 0.2) is 54.6 Å². The van der Waals surface area contributed by atoms with E-state index in [1.54, 1.807) is 32.0 Å². The average Bonchev–Trinajstić information content (AvgIpc) is 3.22. The lowest BCUT2D eigenvalue weighted by Crippen LogP contribution is -2.15. The van der Waals surface area contributed by atoms with Crippen LogP contribution in [-0.4, -0.2) is 15.1 Å². The van der Waals surface area contributed by atoms with Crippen molar-refractivity contribution < 1.29 is 5.11 Å². The van der Waals surface area contributed by atoms with E-state index in [1.165, 1.54) is 0 Å². The number of imidazole rings is 1. The van der Waals surface area contributed by atoms with Crippen LogP contribution in [0.2, 0.25) is 0 Å². The van der Waals surface area contributed by atoms with Gasteiger partial charge in [-0.15, -0.1) is 0 Å². The quantitative estimate of drug-likeness (QED) is 0.213. The van der Waals surface area contributed by atoms with E-state index in [1.807, 2.05) is 24.3 Å². The highest BCUT2D eigenvalue weighted by atomic mass is 127. The summed E-state index contributed by atoms with van der Waals surface area (Å²) >= 11 is 2.29. The predicted molar refractivity (Wildman–Crippen MR) is 134 cm³/mol. The molecule has 5 nitrogen and oxygen atoms in total. The smallest absolute Gasteiger partial charge is 0.141 e. The fourth-order valence-electron chi connectivity index (χ4n) is 4.19. The maximum Gasteiger partial charge on any atom is 0.141 e. The van der Waals surface area contributed by atoms with Crippen LogP contribution in [0.3, 0.4) is 0 Å². The molecule has 0 fully saturated rings. The first kappa shape index (κ1) is 20.4. The van der Waals surface area contributed by atoms with Crippen LogP contribution in [0, 0.1) is 26.2 Å². The molecule has 32 heavy (non-hydrogen) atoms. The van der Waals surface area contributed by atoms with Gasteiger partial charge in [-0.25, -0.2) is 4.98 Å². The highest BCUT2D eigenvalue weighted by Gasteiger charge is 2.21. The van der Waals surface area contributed by atoms with Crippen molar-refractivity contribution in [3.63, 3.8) is 0 Å². The van der Waals surface area contributed by atoms with Gasteiger partial charge in [0.15, 0.2) is 0 Å². The molecule has 0 aliphatic carbocycles. The second-order valence-corrected chi connectivity index (χ2v) is 9.52. The third kappa shape index (κ3) is 3.12. The lowest BCUT2D eigenvalue weighted by Gasteiger charge is -2.19. The first-order valence-electron chi connectivity index (χ1n) is 10.0. The van der Waals surface area contributed by atoms with E-state index in [9.17, 15) is 15.6 Å². The number of hydrogen-bond donors (Lipinski definition) is 2. The van der Waals surface area contributed by atoms with Gasteiger partial charge in [-0.05, 0) is 83.1 Å². The molecule has 0 unspecified atom stereocenters. The molecule has 5 aromatic rings. The van der Waals surface area contributed by atoms with Gasteiger partial charge in [-0.1, -0.05) is 24.3 Å². The van der Waals surface area contributed by atoms with Crippen LogP contribution < -0.4 is 0 Å². The molecule has 0 spiro atoms. The Morgan fingerprint density at radius 3 is 2.22 bits per heavy atom. The normalized spacial score (nSPS) is 11.7. The molecule has 0 amide bonds. The largest absolute Gasteiger partial charge is 0.386 e. The summed E-state index contributed by atoms with van der Waals surface area (Å²) in [5.41, 5.74) is 2.78. The molecule has 0 saturated heterocycles. The summed E-state index contributed by atoms with van der Waals surface area (Å²) in [5, 5.41) is 33.8. The van der Waals surface area contributed by atoms with Crippen LogP contribution in [0.5, 0.6) is 0 Å². The lowest BCUT2D eigenvalue weighted by atomic mass is 9.92. The Hall–Kier alpha value is -3.46. The van der Waals surface area contributed by atoms with Crippen LogP contribution >= 0.6 is 22.6 Å². The third-order valence-electron chi connectivity index (χ3n) is 5.77. The molecule has 1 aromatic heterocycles. The standard InChI is InChI=1S/C26H17IN4O/c1-26(2,32)16-6-8-18-20(10-16)21-11-17(27)7-9-19(21)24-23(18)30-25(31-24)22-14(12-28)4-3-5-15(22)13-29/h3-11,32H,1-2H3,(H,30,31). The molecule has 0 aliphatic heterocycles. The van der Waals surface area contributed by atoms with Crippen molar-refractivity contribution >= 4 is 55.2 Å². The topological polar surface area (TPSA) is 96.5 Å². The van der Waals surface area contributed by atoms with Gasteiger partial charge >= 0.3 is 0 Å². The average molecular weight is 528 g/mol. The summed E-state index contributed by atoms with van der Waals surface area (Å²) < 4.78 is 1.10. The fourth-order valence-corrected chi connectivity index (χ4v) is 4.68. The Balaban J connectivity index is 1.95. The van der Waals surface area contributed by atoms with Crippen molar-refractivity contribution in [1.29, 1.82) is 10.5 Å². The van der Waals surface area contributed by atoms with E-state index >= 15 is 0 Å². The van der Waals surface area contributed by atoms with E-state index < -0.39 is 5.60 Å². The minimum absolute atomic E-state index is 0.399. The minimum Gasteiger partial charge on any atom is -0.386 e. The van der Waals surface area contributed by atoms with Crippen LogP contribution in [0.4, 0.5) is 0 Å². The number of halogens is 1. The van der Waals surface area contributed by atoms with Gasteiger partial charge < -0.3 is 10.1 Å². The monoisotopic (exact) mass is 528 g/mol. The number of rotatable bonds is 2. The zero-order chi connectivity index (χ0) is 22.6. The molecule has 1 heterocycles. The van der Waals surface area contributed by atoms with Gasteiger partial charge in [0, 0.05) is 14.3 Å². The van der Waals surface area contributed by atoms with Crippen molar-refractivity contribution in [2.24, 2.45) is 0 Å². The van der Waals surface area contributed by atoms with Crippen molar-refractivity contribution in [2.45, 2.75) is 19.4 Å². The number of aliphatic hydroxyl groups is 1. The summed E-state index contributed by atoms with van der Waals surface area (Å²) in [4.78, 5) is 8.27. The van der Waals surface area contributed by atoms with Crippen LogP contribution in [-0.2, 0) is 5.60 Å². The summed E-state index contributed by atoms with van der Waals surface area (Å²) in [6.45, 7) is 3.54. The van der Waals surface area contributed by atoms with E-state index in [0.29, 0.717) is 22.5 Å². The lowest BCUT2D eigenvalue weighted by molar-refractivity contribution is 0.0787. The molecule has 6 heteroatoms. The van der Waals surface area contributed by atoms with Gasteiger partial charge in [0.1, 0.15) is 5.82 Å². The first-order chi connectivity index (χ1) is 15.3. The van der Waals surface area contributed by atoms with Gasteiger partial charge in [-0.2, -0.15) is 10.5 Å². The van der Waals surface area contributed by atoms with Crippen molar-refractivity contribution in [3.8, 4) is 23.5 Å². The number of H-pyrrole nitrogens is 1. The molecule has 0 radical (unpaired) electrons. The summed E-state index contributed by atoms with van der Waals surface area (Å²) in [6.07, 6.45) is 0. The molecule has 2 N–H and O–H groups in total. The molecular formula is C26H17IN4O. The Labute approximate surface area is 198 Å².